The van der Waals surface area contributed by atoms with Crippen molar-refractivity contribution >= 4 is 0 Å². The highest BCUT2D eigenvalue weighted by Gasteiger charge is 2.71. The van der Waals surface area contributed by atoms with Gasteiger partial charge in [-0.3, -0.25) is 0 Å². The summed E-state index contributed by atoms with van der Waals surface area (Å²) in [4.78, 5) is 0. The number of fused-ring (bicyclic) bond motifs is 2. The maximum atomic E-state index is 12.9. The van der Waals surface area contributed by atoms with Crippen molar-refractivity contribution in [3.8, 4) is 0 Å². The molecule has 0 aromatic carbocycles. The number of aliphatic hydroxyl groups is 1. The van der Waals surface area contributed by atoms with Crippen molar-refractivity contribution in [2.45, 2.75) is 55.5 Å². The van der Waals surface area contributed by atoms with E-state index in [4.69, 9.17) is 9.47 Å². The van der Waals surface area contributed by atoms with Crippen LogP contribution in [0.2, 0.25) is 0 Å². The van der Waals surface area contributed by atoms with Crippen molar-refractivity contribution in [2.75, 3.05) is 6.61 Å². The van der Waals surface area contributed by atoms with Gasteiger partial charge >= 0.3 is 12.4 Å². The predicted molar refractivity (Wildman–Crippen MR) is 69.8 cm³/mol. The zero-order valence-corrected chi connectivity index (χ0v) is 12.7. The van der Waals surface area contributed by atoms with Gasteiger partial charge in [0, 0.05) is 0 Å². The fourth-order valence-corrected chi connectivity index (χ4v) is 4.13. The first-order chi connectivity index (χ1) is 10.9. The first kappa shape index (κ1) is 18.0. The summed E-state index contributed by atoms with van der Waals surface area (Å²) >= 11 is 0. The van der Waals surface area contributed by atoms with E-state index in [2.05, 4.69) is 6.58 Å². The van der Waals surface area contributed by atoms with E-state index in [0.717, 1.165) is 0 Å². The third-order valence-corrected chi connectivity index (χ3v) is 5.48. The van der Waals surface area contributed by atoms with Crippen molar-refractivity contribution in [3.05, 3.63) is 12.7 Å². The molecular weight excluding hydrogens is 342 g/mol. The zero-order valence-electron chi connectivity index (χ0n) is 12.7. The molecule has 3 aliphatic rings. The van der Waals surface area contributed by atoms with Crippen molar-refractivity contribution in [1.29, 1.82) is 0 Å². The molecule has 5 unspecified atom stereocenters. The Kier molecular flexibility index (Phi) is 4.01. The fourth-order valence-electron chi connectivity index (χ4n) is 4.13. The summed E-state index contributed by atoms with van der Waals surface area (Å²) in [6.07, 6.45) is -10.6. The molecule has 138 valence electrons. The average Bonchev–Trinajstić information content (AvgIpc) is 2.94. The van der Waals surface area contributed by atoms with E-state index in [1.807, 2.05) is 0 Å². The molecule has 0 radical (unpaired) electrons. The highest BCUT2D eigenvalue weighted by Crippen LogP contribution is 2.57. The van der Waals surface area contributed by atoms with Gasteiger partial charge in [0.2, 0.25) is 5.79 Å². The lowest BCUT2D eigenvalue weighted by atomic mass is 9.78. The van der Waals surface area contributed by atoms with E-state index in [0.29, 0.717) is 12.8 Å². The Balaban J connectivity index is 1.74. The SMILES string of the molecule is C=CC1(OC2CC3CC(CC(O)(C(F)(F)F)C(F)(F)F)C2C3)CO1. The van der Waals surface area contributed by atoms with Gasteiger partial charge in [-0.05, 0) is 49.5 Å². The van der Waals surface area contributed by atoms with Crippen LogP contribution in [-0.2, 0) is 9.47 Å². The van der Waals surface area contributed by atoms with E-state index in [1.165, 1.54) is 6.08 Å². The van der Waals surface area contributed by atoms with Crippen molar-refractivity contribution in [3.63, 3.8) is 0 Å². The van der Waals surface area contributed by atoms with Crippen LogP contribution in [0.25, 0.3) is 0 Å². The van der Waals surface area contributed by atoms with Gasteiger partial charge in [-0.2, -0.15) is 26.3 Å². The average molecular weight is 360 g/mol. The maximum Gasteiger partial charge on any atom is 0.426 e. The molecule has 0 amide bonds. The molecule has 24 heavy (non-hydrogen) atoms. The molecule has 3 fully saturated rings. The van der Waals surface area contributed by atoms with E-state index < -0.39 is 48.1 Å². The Hall–Kier alpha value is -0.800. The molecule has 0 aromatic rings. The smallest absolute Gasteiger partial charge is 0.374 e. The Morgan fingerprint density at radius 1 is 1.12 bits per heavy atom. The molecule has 0 spiro atoms. The summed E-state index contributed by atoms with van der Waals surface area (Å²) in [6.45, 7) is 3.84. The van der Waals surface area contributed by atoms with Crippen LogP contribution in [0.1, 0.15) is 25.7 Å². The number of epoxide rings is 1. The van der Waals surface area contributed by atoms with Gasteiger partial charge in [0.05, 0.1) is 6.10 Å². The molecule has 2 saturated carbocycles. The van der Waals surface area contributed by atoms with Crippen molar-refractivity contribution in [2.24, 2.45) is 17.8 Å². The summed E-state index contributed by atoms with van der Waals surface area (Å²) in [5, 5.41) is 9.42. The van der Waals surface area contributed by atoms with E-state index in [9.17, 15) is 31.4 Å². The summed E-state index contributed by atoms with van der Waals surface area (Å²) in [5.41, 5.74) is -4.69. The molecular formula is C15H18F6O3. The fraction of sp³-hybridized carbons (Fsp3) is 0.867. The molecule has 2 bridgehead atoms. The molecule has 5 atom stereocenters. The Labute approximate surface area is 134 Å². The number of halogens is 6. The van der Waals surface area contributed by atoms with Crippen LogP contribution >= 0.6 is 0 Å². The van der Waals surface area contributed by atoms with Crippen LogP contribution in [0.3, 0.4) is 0 Å². The molecule has 2 aliphatic carbocycles. The van der Waals surface area contributed by atoms with Gasteiger partial charge in [-0.25, -0.2) is 0 Å². The van der Waals surface area contributed by atoms with Crippen LogP contribution in [0.5, 0.6) is 0 Å². The summed E-state index contributed by atoms with van der Waals surface area (Å²) in [7, 11) is 0. The zero-order chi connectivity index (χ0) is 18.0. The van der Waals surface area contributed by atoms with Crippen LogP contribution < -0.4 is 0 Å². The second-order valence-electron chi connectivity index (χ2n) is 7.02. The second kappa shape index (κ2) is 5.35. The molecule has 9 heteroatoms. The van der Waals surface area contributed by atoms with E-state index in [1.54, 1.807) is 0 Å². The van der Waals surface area contributed by atoms with Gasteiger partial charge in [0.25, 0.3) is 5.60 Å². The largest absolute Gasteiger partial charge is 0.426 e. The van der Waals surface area contributed by atoms with Gasteiger partial charge < -0.3 is 14.6 Å². The molecule has 1 N–H and O–H groups in total. The van der Waals surface area contributed by atoms with Crippen LogP contribution in [0.15, 0.2) is 12.7 Å². The molecule has 0 aromatic heterocycles. The first-order valence-corrected chi connectivity index (χ1v) is 7.72. The van der Waals surface area contributed by atoms with E-state index >= 15 is 0 Å². The number of ether oxygens (including phenoxy) is 2. The highest BCUT2D eigenvalue weighted by molar-refractivity contribution is 5.06. The van der Waals surface area contributed by atoms with Crippen LogP contribution in [-0.4, -0.2) is 41.6 Å². The minimum absolute atomic E-state index is 0.0105. The third kappa shape index (κ3) is 2.84. The van der Waals surface area contributed by atoms with Crippen molar-refractivity contribution < 1.29 is 40.9 Å². The molecule has 3 nitrogen and oxygen atoms in total. The lowest BCUT2D eigenvalue weighted by molar-refractivity contribution is -0.373. The van der Waals surface area contributed by atoms with Crippen LogP contribution in [0.4, 0.5) is 26.3 Å². The topological polar surface area (TPSA) is 42.0 Å². The lowest BCUT2D eigenvalue weighted by Crippen LogP contribution is -2.58. The molecule has 1 saturated heterocycles. The summed E-state index contributed by atoms with van der Waals surface area (Å²) in [5.74, 6) is -2.30. The Morgan fingerprint density at radius 2 is 1.71 bits per heavy atom. The number of rotatable bonds is 5. The molecule has 1 heterocycles. The number of hydrogen-bond acceptors (Lipinski definition) is 3. The highest BCUT2D eigenvalue weighted by atomic mass is 19.4. The predicted octanol–water partition coefficient (Wildman–Crippen LogP) is 3.58. The van der Waals surface area contributed by atoms with Crippen LogP contribution in [0, 0.1) is 17.8 Å². The Morgan fingerprint density at radius 3 is 2.12 bits per heavy atom. The first-order valence-electron chi connectivity index (χ1n) is 7.72. The van der Waals surface area contributed by atoms with Gasteiger partial charge in [0.1, 0.15) is 6.61 Å². The van der Waals surface area contributed by atoms with Gasteiger partial charge in [-0.15, -0.1) is 0 Å². The van der Waals surface area contributed by atoms with Gasteiger partial charge in [0.15, 0.2) is 0 Å². The normalized spacial score (nSPS) is 39.3. The number of hydrogen-bond donors (Lipinski definition) is 1. The number of alkyl halides is 6. The quantitative estimate of drug-likeness (QED) is 0.463. The third-order valence-electron chi connectivity index (χ3n) is 5.48. The second-order valence-corrected chi connectivity index (χ2v) is 7.02. The summed E-state index contributed by atoms with van der Waals surface area (Å²) in [6, 6.07) is 0. The van der Waals surface area contributed by atoms with Crippen molar-refractivity contribution in [1.82, 2.24) is 0 Å². The summed E-state index contributed by atoms with van der Waals surface area (Å²) < 4.78 is 88.2. The van der Waals surface area contributed by atoms with Gasteiger partial charge in [-0.1, -0.05) is 6.58 Å². The Bertz CT molecular complexity index is 496. The molecule has 1 aliphatic heterocycles. The van der Waals surface area contributed by atoms with E-state index in [-0.39, 0.29) is 18.9 Å². The standard InChI is InChI=1S/C15H18F6O3/c1-2-12(7-23-12)24-11-5-8-3-9(10(11)4-8)6-13(22,14(16,17)18)15(19,20)21/h2,8-11,22H,1,3-7H2. The minimum atomic E-state index is -5.77. The lowest BCUT2D eigenvalue weighted by Gasteiger charge is -2.38. The molecule has 3 rings (SSSR count). The monoisotopic (exact) mass is 360 g/mol. The minimum Gasteiger partial charge on any atom is -0.374 e. The maximum absolute atomic E-state index is 12.9.